The number of anilines is 2. The Morgan fingerprint density at radius 3 is 2.62 bits per heavy atom. The van der Waals surface area contributed by atoms with E-state index in [-0.39, 0.29) is 23.8 Å². The minimum Gasteiger partial charge on any atom is -0.453 e. The van der Waals surface area contributed by atoms with E-state index in [0.29, 0.717) is 51.9 Å². The van der Waals surface area contributed by atoms with E-state index < -0.39 is 11.7 Å². The van der Waals surface area contributed by atoms with E-state index in [1.165, 1.54) is 11.9 Å². The molecule has 3 aromatic heterocycles. The third-order valence-corrected chi connectivity index (χ3v) is 9.43. The van der Waals surface area contributed by atoms with Crippen molar-refractivity contribution in [3.05, 3.63) is 89.9 Å². The van der Waals surface area contributed by atoms with Crippen LogP contribution >= 0.6 is 23.5 Å². The van der Waals surface area contributed by atoms with Gasteiger partial charge in [0.05, 0.1) is 5.39 Å². The zero-order valence-electron chi connectivity index (χ0n) is 25.6. The zero-order chi connectivity index (χ0) is 32.6. The first-order chi connectivity index (χ1) is 23.5. The van der Waals surface area contributed by atoms with Gasteiger partial charge in [-0.3, -0.25) is 9.78 Å². The molecule has 0 unspecified atom stereocenters. The van der Waals surface area contributed by atoms with Gasteiger partial charge < -0.3 is 20.3 Å². The minimum absolute atomic E-state index is 0.0488. The molecule has 0 spiro atoms. The topological polar surface area (TPSA) is 123 Å². The monoisotopic (exact) mass is 681 g/mol. The Labute approximate surface area is 284 Å². The summed E-state index contributed by atoms with van der Waals surface area (Å²) in [6.45, 7) is 2.42. The van der Waals surface area contributed by atoms with E-state index in [0.717, 1.165) is 42.0 Å². The SMILES string of the molecule is O=C(COc1nc(N2CCNCC2)c2cnc(-c3cccc4cccc(Cl)c34)c(F)c2n1)Nc1ccc(Sn2cnc(C3CC3)n2)cc1. The molecule has 4 heterocycles. The summed E-state index contributed by atoms with van der Waals surface area (Å²) in [6, 6.07) is 18.4. The van der Waals surface area contributed by atoms with Gasteiger partial charge in [-0.25, -0.2) is 9.37 Å². The van der Waals surface area contributed by atoms with Crippen molar-refractivity contribution >= 4 is 62.6 Å². The quantitative estimate of drug-likeness (QED) is 0.185. The van der Waals surface area contributed by atoms with Crippen LogP contribution in [0.15, 0.2) is 78.1 Å². The Morgan fingerprint density at radius 1 is 1.04 bits per heavy atom. The second-order valence-corrected chi connectivity index (χ2v) is 13.1. The predicted molar refractivity (Wildman–Crippen MR) is 184 cm³/mol. The highest BCUT2D eigenvalue weighted by Gasteiger charge is 2.27. The molecule has 2 N–H and O–H groups in total. The number of nitrogens with one attached hydrogen (secondary N) is 2. The standard InChI is InChI=1S/C34H29ClFN9O2S/c35-26-6-2-4-20-3-1-5-24(28(20)26)30-29(36)31-25(17-38-30)33(44-15-13-37-14-16-44)42-34(41-31)47-18-27(46)40-22-9-11-23(12-10-22)48-45-19-39-32(43-45)21-7-8-21/h1-6,9-12,17,19,21,37H,7-8,13-16,18H2,(H,40,46). The Kier molecular flexibility index (Phi) is 8.24. The smallest absolute Gasteiger partial charge is 0.319 e. The molecule has 1 saturated carbocycles. The van der Waals surface area contributed by atoms with Crippen molar-refractivity contribution in [3.8, 4) is 17.3 Å². The molecule has 0 radical (unpaired) electrons. The van der Waals surface area contributed by atoms with Crippen LogP contribution < -0.4 is 20.3 Å². The average Bonchev–Trinajstić information content (AvgIpc) is 3.86. The Hall–Kier alpha value is -4.85. The van der Waals surface area contributed by atoms with Gasteiger partial charge in [0.15, 0.2) is 18.2 Å². The summed E-state index contributed by atoms with van der Waals surface area (Å²) >= 11 is 8.01. The maximum absolute atomic E-state index is 16.5. The summed E-state index contributed by atoms with van der Waals surface area (Å²) in [5.41, 5.74) is 1.31. The minimum atomic E-state index is -0.624. The number of piperazine rings is 1. The van der Waals surface area contributed by atoms with Crippen molar-refractivity contribution in [2.75, 3.05) is 43.0 Å². The number of benzene rings is 3. The highest BCUT2D eigenvalue weighted by Crippen LogP contribution is 2.39. The van der Waals surface area contributed by atoms with E-state index >= 15 is 4.39 Å². The van der Waals surface area contributed by atoms with Crippen molar-refractivity contribution in [3.63, 3.8) is 0 Å². The number of carbonyl (C=O) groups is 1. The molecule has 11 nitrogen and oxygen atoms in total. The van der Waals surface area contributed by atoms with Crippen LogP contribution in [-0.2, 0) is 4.79 Å². The summed E-state index contributed by atoms with van der Waals surface area (Å²) in [7, 11) is 0. The third-order valence-electron chi connectivity index (χ3n) is 8.27. The molecule has 0 bridgehead atoms. The molecule has 1 aliphatic heterocycles. The Morgan fingerprint density at radius 2 is 1.83 bits per heavy atom. The molecule has 242 valence electrons. The summed E-state index contributed by atoms with van der Waals surface area (Å²) in [6.07, 6.45) is 5.60. The predicted octanol–water partition coefficient (Wildman–Crippen LogP) is 6.09. The van der Waals surface area contributed by atoms with E-state index in [4.69, 9.17) is 16.3 Å². The lowest BCUT2D eigenvalue weighted by Crippen LogP contribution is -2.44. The second-order valence-electron chi connectivity index (χ2n) is 11.6. The number of hydrogen-bond donors (Lipinski definition) is 2. The van der Waals surface area contributed by atoms with Crippen LogP contribution in [0.4, 0.5) is 15.9 Å². The van der Waals surface area contributed by atoms with Crippen LogP contribution in [0.25, 0.3) is 32.9 Å². The number of amides is 1. The Balaban J connectivity index is 1.03. The molecule has 0 atom stereocenters. The molecule has 6 aromatic rings. The van der Waals surface area contributed by atoms with Crippen LogP contribution in [0.1, 0.15) is 24.6 Å². The fourth-order valence-electron chi connectivity index (χ4n) is 5.75. The normalized spacial score (nSPS) is 14.8. The first-order valence-electron chi connectivity index (χ1n) is 15.6. The number of halogens is 2. The van der Waals surface area contributed by atoms with Crippen molar-refractivity contribution in [2.45, 2.75) is 23.7 Å². The van der Waals surface area contributed by atoms with Gasteiger partial charge in [0.1, 0.15) is 23.4 Å². The molecule has 2 fully saturated rings. The van der Waals surface area contributed by atoms with Gasteiger partial charge in [0, 0.05) is 76.8 Å². The first-order valence-corrected chi connectivity index (χ1v) is 16.8. The van der Waals surface area contributed by atoms with E-state index in [1.807, 2.05) is 41.3 Å². The van der Waals surface area contributed by atoms with Crippen LogP contribution in [0.5, 0.6) is 6.01 Å². The third kappa shape index (κ3) is 6.23. The average molecular weight is 682 g/mol. The molecule has 14 heteroatoms. The van der Waals surface area contributed by atoms with Crippen molar-refractivity contribution in [1.29, 1.82) is 0 Å². The number of carbonyl (C=O) groups excluding carboxylic acids is 1. The van der Waals surface area contributed by atoms with Gasteiger partial charge in [-0.2, -0.15) is 14.1 Å². The van der Waals surface area contributed by atoms with Crippen molar-refractivity contribution < 1.29 is 13.9 Å². The van der Waals surface area contributed by atoms with Crippen LogP contribution in [0.2, 0.25) is 5.02 Å². The first kappa shape index (κ1) is 30.5. The molecule has 48 heavy (non-hydrogen) atoms. The zero-order valence-corrected chi connectivity index (χ0v) is 27.1. The summed E-state index contributed by atoms with van der Waals surface area (Å²) in [4.78, 5) is 33.9. The van der Waals surface area contributed by atoms with Gasteiger partial charge in [-0.05, 0) is 48.6 Å². The molecular weight excluding hydrogens is 653 g/mol. The van der Waals surface area contributed by atoms with Crippen molar-refractivity contribution in [2.24, 2.45) is 0 Å². The van der Waals surface area contributed by atoms with Crippen LogP contribution in [0, 0.1) is 5.82 Å². The number of ether oxygens (including phenoxy) is 1. The van der Waals surface area contributed by atoms with E-state index in [2.05, 4.69) is 35.7 Å². The number of fused-ring (bicyclic) bond motifs is 2. The molecule has 2 aliphatic rings. The number of aromatic nitrogens is 6. The molecule has 1 aliphatic carbocycles. The van der Waals surface area contributed by atoms with Gasteiger partial charge in [-0.15, -0.1) is 5.10 Å². The van der Waals surface area contributed by atoms with Gasteiger partial charge in [0.2, 0.25) is 0 Å². The van der Waals surface area contributed by atoms with Gasteiger partial charge >= 0.3 is 6.01 Å². The Bertz CT molecular complexity index is 2150. The summed E-state index contributed by atoms with van der Waals surface area (Å²) in [5, 5.41) is 13.2. The highest BCUT2D eigenvalue weighted by molar-refractivity contribution is 7.97. The molecule has 3 aromatic carbocycles. The highest BCUT2D eigenvalue weighted by atomic mass is 35.5. The molecule has 8 rings (SSSR count). The fraction of sp³-hybridized carbons (Fsp3) is 0.235. The number of pyridine rings is 1. The maximum Gasteiger partial charge on any atom is 0.319 e. The van der Waals surface area contributed by atoms with E-state index in [1.54, 1.807) is 40.9 Å². The largest absolute Gasteiger partial charge is 0.453 e. The fourth-order valence-corrected chi connectivity index (χ4v) is 6.73. The molecule has 1 amide bonds. The van der Waals surface area contributed by atoms with Crippen molar-refractivity contribution in [1.82, 2.24) is 34.4 Å². The molecule has 1 saturated heterocycles. The second kappa shape index (κ2) is 13.0. The van der Waals surface area contributed by atoms with Crippen LogP contribution in [-0.4, -0.2) is 67.8 Å². The summed E-state index contributed by atoms with van der Waals surface area (Å²) in [5.74, 6) is 0.838. The lowest BCUT2D eigenvalue weighted by molar-refractivity contribution is -0.118. The molecular formula is C34H29ClFN9O2S. The number of nitrogens with zero attached hydrogens (tertiary/aromatic N) is 7. The van der Waals surface area contributed by atoms with Gasteiger partial charge in [0.25, 0.3) is 5.91 Å². The number of rotatable bonds is 9. The lowest BCUT2D eigenvalue weighted by Gasteiger charge is -2.29. The number of hydrogen-bond acceptors (Lipinski definition) is 10. The van der Waals surface area contributed by atoms with Crippen LogP contribution in [0.3, 0.4) is 0 Å². The maximum atomic E-state index is 16.5. The van der Waals surface area contributed by atoms with E-state index in [9.17, 15) is 4.79 Å². The van der Waals surface area contributed by atoms with Gasteiger partial charge in [-0.1, -0.05) is 41.9 Å². The summed E-state index contributed by atoms with van der Waals surface area (Å²) < 4.78 is 24.0. The lowest BCUT2D eigenvalue weighted by atomic mass is 10.0.